The lowest BCUT2D eigenvalue weighted by molar-refractivity contribution is 0.628. The SMILES string of the molecule is CCCNc1cc(N)c2nc(-c3cccc(F)c3)c(=O)n(C3CC3)c2n1. The quantitative estimate of drug-likeness (QED) is 0.735. The molecule has 134 valence electrons. The van der Waals surface area contributed by atoms with Crippen molar-refractivity contribution in [1.29, 1.82) is 0 Å². The number of hydrogen-bond acceptors (Lipinski definition) is 5. The molecule has 3 N–H and O–H groups in total. The summed E-state index contributed by atoms with van der Waals surface area (Å²) in [5, 5.41) is 3.20. The molecule has 3 aromatic rings. The van der Waals surface area contributed by atoms with Crippen molar-refractivity contribution in [2.24, 2.45) is 0 Å². The fourth-order valence-electron chi connectivity index (χ4n) is 3.04. The summed E-state index contributed by atoms with van der Waals surface area (Å²) >= 11 is 0. The molecule has 0 amide bonds. The predicted molar refractivity (Wildman–Crippen MR) is 101 cm³/mol. The highest BCUT2D eigenvalue weighted by atomic mass is 19.1. The minimum atomic E-state index is -0.410. The number of nitrogens with two attached hydrogens (primary N) is 1. The van der Waals surface area contributed by atoms with Crippen molar-refractivity contribution < 1.29 is 4.39 Å². The van der Waals surface area contributed by atoms with Crippen molar-refractivity contribution in [1.82, 2.24) is 14.5 Å². The Bertz CT molecular complexity index is 1040. The minimum absolute atomic E-state index is 0.0913. The lowest BCUT2D eigenvalue weighted by Gasteiger charge is -2.14. The second-order valence-corrected chi connectivity index (χ2v) is 6.57. The lowest BCUT2D eigenvalue weighted by Crippen LogP contribution is -2.24. The molecule has 0 spiro atoms. The number of halogens is 1. The van der Waals surface area contributed by atoms with Gasteiger partial charge in [-0.25, -0.2) is 14.4 Å². The normalized spacial score (nSPS) is 13.9. The fourth-order valence-corrected chi connectivity index (χ4v) is 3.04. The first kappa shape index (κ1) is 16.5. The molecule has 0 atom stereocenters. The minimum Gasteiger partial charge on any atom is -0.397 e. The van der Waals surface area contributed by atoms with E-state index in [1.807, 2.05) is 0 Å². The van der Waals surface area contributed by atoms with Gasteiger partial charge < -0.3 is 11.1 Å². The van der Waals surface area contributed by atoms with Gasteiger partial charge in [0, 0.05) is 24.2 Å². The van der Waals surface area contributed by atoms with Crippen LogP contribution in [0.1, 0.15) is 32.2 Å². The number of nitrogen functional groups attached to an aromatic ring is 1. The Kier molecular flexibility index (Phi) is 4.06. The van der Waals surface area contributed by atoms with Crippen LogP contribution >= 0.6 is 0 Å². The summed E-state index contributed by atoms with van der Waals surface area (Å²) in [5.41, 5.74) is 8.00. The zero-order valence-corrected chi connectivity index (χ0v) is 14.5. The van der Waals surface area contributed by atoms with Crippen LogP contribution in [0.25, 0.3) is 22.4 Å². The highest BCUT2D eigenvalue weighted by molar-refractivity contribution is 5.87. The Balaban J connectivity index is 1.98. The average Bonchev–Trinajstić information content (AvgIpc) is 3.44. The van der Waals surface area contributed by atoms with Gasteiger partial charge in [-0.3, -0.25) is 9.36 Å². The molecule has 1 saturated carbocycles. The zero-order chi connectivity index (χ0) is 18.3. The fraction of sp³-hybridized carbons (Fsp3) is 0.316. The van der Waals surface area contributed by atoms with Gasteiger partial charge in [-0.2, -0.15) is 0 Å². The van der Waals surface area contributed by atoms with Gasteiger partial charge in [0.15, 0.2) is 5.65 Å². The standard InChI is InChI=1S/C19H20FN5O/c1-2-8-22-15-10-14(21)17-18(23-15)25(13-6-7-13)19(26)16(24-17)11-4-3-5-12(20)9-11/h3-5,9-10,13H,2,6-8H2,1H3,(H3,21,22,23). The molecule has 2 aromatic heterocycles. The third kappa shape index (κ3) is 2.89. The largest absolute Gasteiger partial charge is 0.397 e. The summed E-state index contributed by atoms with van der Waals surface area (Å²) in [4.78, 5) is 22.1. The third-order valence-electron chi connectivity index (χ3n) is 4.44. The van der Waals surface area contributed by atoms with Gasteiger partial charge in [0.1, 0.15) is 22.8 Å². The summed E-state index contributed by atoms with van der Waals surface area (Å²) in [6, 6.07) is 7.71. The number of fused-ring (bicyclic) bond motifs is 1. The van der Waals surface area contributed by atoms with Gasteiger partial charge in [-0.1, -0.05) is 19.1 Å². The maximum Gasteiger partial charge on any atom is 0.279 e. The number of benzene rings is 1. The van der Waals surface area contributed by atoms with Crippen molar-refractivity contribution in [3.05, 3.63) is 46.5 Å². The van der Waals surface area contributed by atoms with Crippen LogP contribution in [0.3, 0.4) is 0 Å². The molecule has 26 heavy (non-hydrogen) atoms. The molecule has 7 heteroatoms. The van der Waals surface area contributed by atoms with E-state index in [4.69, 9.17) is 5.73 Å². The summed E-state index contributed by atoms with van der Waals surface area (Å²) in [6.45, 7) is 2.82. The number of rotatable bonds is 5. The highest BCUT2D eigenvalue weighted by Crippen LogP contribution is 2.37. The van der Waals surface area contributed by atoms with Crippen molar-refractivity contribution in [2.45, 2.75) is 32.2 Å². The van der Waals surface area contributed by atoms with E-state index < -0.39 is 5.82 Å². The monoisotopic (exact) mass is 353 g/mol. The van der Waals surface area contributed by atoms with Gasteiger partial charge in [-0.15, -0.1) is 0 Å². The number of hydrogen-bond donors (Lipinski definition) is 2. The molecule has 0 aliphatic heterocycles. The summed E-state index contributed by atoms with van der Waals surface area (Å²) in [6.07, 6.45) is 2.78. The number of anilines is 2. The van der Waals surface area contributed by atoms with E-state index in [1.165, 1.54) is 12.1 Å². The summed E-state index contributed by atoms with van der Waals surface area (Å²) < 4.78 is 15.3. The smallest absolute Gasteiger partial charge is 0.279 e. The maximum atomic E-state index is 13.6. The molecule has 0 radical (unpaired) electrons. The van der Waals surface area contributed by atoms with Crippen molar-refractivity contribution in [2.75, 3.05) is 17.6 Å². The first-order valence-electron chi connectivity index (χ1n) is 8.81. The summed E-state index contributed by atoms with van der Waals surface area (Å²) in [5.74, 6) is 0.220. The predicted octanol–water partition coefficient (Wildman–Crippen LogP) is 3.34. The van der Waals surface area contributed by atoms with E-state index in [2.05, 4.69) is 22.2 Å². The molecule has 6 nitrogen and oxygen atoms in total. The van der Waals surface area contributed by atoms with Crippen LogP contribution in [0.2, 0.25) is 0 Å². The Morgan fingerprint density at radius 1 is 1.31 bits per heavy atom. The van der Waals surface area contributed by atoms with Gasteiger partial charge in [0.25, 0.3) is 5.56 Å². The van der Waals surface area contributed by atoms with Crippen LogP contribution in [0, 0.1) is 5.82 Å². The second-order valence-electron chi connectivity index (χ2n) is 6.57. The molecule has 0 saturated heterocycles. The van der Waals surface area contributed by atoms with Crippen LogP contribution in [0.15, 0.2) is 35.1 Å². The first-order valence-corrected chi connectivity index (χ1v) is 8.81. The van der Waals surface area contributed by atoms with E-state index in [0.717, 1.165) is 25.8 Å². The Labute approximate surface area is 149 Å². The van der Waals surface area contributed by atoms with Crippen LogP contribution in [-0.2, 0) is 0 Å². The third-order valence-corrected chi connectivity index (χ3v) is 4.44. The van der Waals surface area contributed by atoms with E-state index in [-0.39, 0.29) is 17.3 Å². The number of nitrogens with one attached hydrogen (secondary N) is 1. The van der Waals surface area contributed by atoms with Gasteiger partial charge in [-0.05, 0) is 31.4 Å². The van der Waals surface area contributed by atoms with Gasteiger partial charge in [0.05, 0.1) is 5.69 Å². The molecule has 0 bridgehead atoms. The van der Waals surface area contributed by atoms with Crippen molar-refractivity contribution in [3.63, 3.8) is 0 Å². The second kappa shape index (κ2) is 6.40. The maximum absolute atomic E-state index is 13.6. The number of aromatic nitrogens is 3. The van der Waals surface area contributed by atoms with Gasteiger partial charge >= 0.3 is 0 Å². The number of nitrogens with zero attached hydrogens (tertiary/aromatic N) is 3. The number of pyridine rings is 1. The molecule has 1 fully saturated rings. The Morgan fingerprint density at radius 2 is 2.12 bits per heavy atom. The molecule has 1 aliphatic carbocycles. The lowest BCUT2D eigenvalue weighted by atomic mass is 10.1. The van der Waals surface area contributed by atoms with Crippen LogP contribution in [0.5, 0.6) is 0 Å². The average molecular weight is 353 g/mol. The van der Waals surface area contributed by atoms with Crippen LogP contribution in [0.4, 0.5) is 15.9 Å². The van der Waals surface area contributed by atoms with E-state index in [9.17, 15) is 9.18 Å². The highest BCUT2D eigenvalue weighted by Gasteiger charge is 2.29. The molecule has 1 aliphatic rings. The van der Waals surface area contributed by atoms with Crippen LogP contribution < -0.4 is 16.6 Å². The molecule has 0 unspecified atom stereocenters. The molecular formula is C19H20FN5O. The zero-order valence-electron chi connectivity index (χ0n) is 14.5. The van der Waals surface area contributed by atoms with Gasteiger partial charge in [0.2, 0.25) is 0 Å². The summed E-state index contributed by atoms with van der Waals surface area (Å²) in [7, 11) is 0. The van der Waals surface area contributed by atoms with E-state index in [0.29, 0.717) is 28.2 Å². The molecule has 4 rings (SSSR count). The Morgan fingerprint density at radius 3 is 2.81 bits per heavy atom. The molecule has 2 heterocycles. The molecular weight excluding hydrogens is 333 g/mol. The van der Waals surface area contributed by atoms with E-state index in [1.54, 1.807) is 22.8 Å². The topological polar surface area (TPSA) is 85.8 Å². The first-order chi connectivity index (χ1) is 12.6. The Hall–Kier alpha value is -2.96. The van der Waals surface area contributed by atoms with Crippen molar-refractivity contribution >= 4 is 22.7 Å². The van der Waals surface area contributed by atoms with E-state index >= 15 is 0 Å². The van der Waals surface area contributed by atoms with Crippen LogP contribution in [-0.4, -0.2) is 21.1 Å². The van der Waals surface area contributed by atoms with Crippen molar-refractivity contribution in [3.8, 4) is 11.3 Å². The molecule has 1 aromatic carbocycles.